The Morgan fingerprint density at radius 1 is 1.00 bits per heavy atom. The van der Waals surface area contributed by atoms with E-state index in [2.05, 4.69) is 20.6 Å². The molecule has 0 saturated heterocycles. The summed E-state index contributed by atoms with van der Waals surface area (Å²) < 4.78 is 14.8. The number of carbonyl (C=O) groups excluding carboxylic acids is 1. The summed E-state index contributed by atoms with van der Waals surface area (Å²) >= 11 is 0. The zero-order valence-electron chi connectivity index (χ0n) is 20.9. The Morgan fingerprint density at radius 3 is 2.34 bits per heavy atom. The van der Waals surface area contributed by atoms with E-state index in [9.17, 15) is 9.18 Å². The molecule has 6 nitrogen and oxygen atoms in total. The summed E-state index contributed by atoms with van der Waals surface area (Å²) in [5.41, 5.74) is 2.06. The number of amides is 1. The molecule has 184 valence electrons. The molecule has 1 saturated carbocycles. The maximum absolute atomic E-state index is 14.8. The number of aryl methyl sites for hydroxylation is 1. The van der Waals surface area contributed by atoms with E-state index in [-0.39, 0.29) is 17.8 Å². The number of rotatable bonds is 7. The van der Waals surface area contributed by atoms with Crippen LogP contribution in [0.25, 0.3) is 11.1 Å². The quantitative estimate of drug-likeness (QED) is 0.485. The highest BCUT2D eigenvalue weighted by molar-refractivity contribution is 5.83. The van der Waals surface area contributed by atoms with Crippen LogP contribution in [0.2, 0.25) is 0 Å². The summed E-state index contributed by atoms with van der Waals surface area (Å²) in [7, 11) is 3.93. The number of nitrogens with one attached hydrogen (secondary N) is 2. The van der Waals surface area contributed by atoms with Gasteiger partial charge in [0.2, 0.25) is 5.91 Å². The highest BCUT2D eigenvalue weighted by Gasteiger charge is 2.25. The van der Waals surface area contributed by atoms with Crippen molar-refractivity contribution in [1.29, 1.82) is 0 Å². The molecule has 1 heterocycles. The first kappa shape index (κ1) is 24.6. The maximum atomic E-state index is 14.8. The van der Waals surface area contributed by atoms with Gasteiger partial charge in [0.1, 0.15) is 23.3 Å². The van der Waals surface area contributed by atoms with Crippen LogP contribution >= 0.6 is 0 Å². The lowest BCUT2D eigenvalue weighted by atomic mass is 9.90. The molecule has 1 aromatic heterocycles. The Labute approximate surface area is 207 Å². The van der Waals surface area contributed by atoms with E-state index in [0.717, 1.165) is 48.7 Å². The first-order valence-corrected chi connectivity index (χ1v) is 12.2. The molecule has 1 unspecified atom stereocenters. The van der Waals surface area contributed by atoms with E-state index in [0.29, 0.717) is 17.2 Å². The fraction of sp³-hybridized carbons (Fsp3) is 0.393. The highest BCUT2D eigenvalue weighted by Crippen LogP contribution is 2.27. The van der Waals surface area contributed by atoms with Crippen molar-refractivity contribution in [2.45, 2.75) is 57.5 Å². The first-order valence-electron chi connectivity index (χ1n) is 12.2. The molecule has 1 aliphatic rings. The van der Waals surface area contributed by atoms with Crippen LogP contribution in [0.4, 0.5) is 16.0 Å². The molecule has 0 spiro atoms. The summed E-state index contributed by atoms with van der Waals surface area (Å²) in [5, 5.41) is 6.71. The van der Waals surface area contributed by atoms with Crippen LogP contribution in [0.5, 0.6) is 0 Å². The molecule has 1 atom stereocenters. The summed E-state index contributed by atoms with van der Waals surface area (Å²) in [6, 6.07) is 16.9. The van der Waals surface area contributed by atoms with Crippen LogP contribution in [-0.4, -0.2) is 42.1 Å². The van der Waals surface area contributed by atoms with Gasteiger partial charge in [0.05, 0.1) is 5.92 Å². The third-order valence-electron chi connectivity index (χ3n) is 6.68. The van der Waals surface area contributed by atoms with Gasteiger partial charge in [-0.25, -0.2) is 14.4 Å². The second-order valence-electron chi connectivity index (χ2n) is 9.58. The van der Waals surface area contributed by atoms with Gasteiger partial charge in [-0.2, -0.15) is 0 Å². The van der Waals surface area contributed by atoms with Gasteiger partial charge in [0, 0.05) is 37.8 Å². The number of carbonyl (C=O) groups is 1. The maximum Gasteiger partial charge on any atom is 0.227 e. The Balaban J connectivity index is 1.31. The van der Waals surface area contributed by atoms with E-state index in [1.54, 1.807) is 6.07 Å². The molecule has 1 aliphatic carbocycles. The van der Waals surface area contributed by atoms with Gasteiger partial charge in [-0.1, -0.05) is 42.5 Å². The van der Waals surface area contributed by atoms with Gasteiger partial charge in [-0.3, -0.25) is 4.79 Å². The Morgan fingerprint density at radius 2 is 1.69 bits per heavy atom. The third-order valence-corrected chi connectivity index (χ3v) is 6.68. The molecular weight excluding hydrogens is 441 g/mol. The zero-order chi connectivity index (χ0) is 24.9. The van der Waals surface area contributed by atoms with Crippen molar-refractivity contribution in [2.24, 2.45) is 0 Å². The van der Waals surface area contributed by atoms with Gasteiger partial charge in [0.25, 0.3) is 0 Å². The van der Waals surface area contributed by atoms with Crippen molar-refractivity contribution < 1.29 is 9.18 Å². The van der Waals surface area contributed by atoms with Crippen LogP contribution in [-0.2, 0) is 4.79 Å². The van der Waals surface area contributed by atoms with Crippen molar-refractivity contribution in [3.63, 3.8) is 0 Å². The van der Waals surface area contributed by atoms with E-state index < -0.39 is 5.92 Å². The molecule has 3 aromatic rings. The molecular formula is C28H34FN5O. The molecule has 2 aromatic carbocycles. The third kappa shape index (κ3) is 6.15. The van der Waals surface area contributed by atoms with Gasteiger partial charge >= 0.3 is 0 Å². The number of nitrogens with zero attached hydrogens (tertiary/aromatic N) is 3. The molecule has 1 amide bonds. The Bertz CT molecular complexity index is 1160. The lowest BCUT2D eigenvalue weighted by molar-refractivity contribution is -0.123. The molecule has 4 rings (SSSR count). The predicted molar refractivity (Wildman–Crippen MR) is 139 cm³/mol. The summed E-state index contributed by atoms with van der Waals surface area (Å²) in [6.07, 6.45) is 3.67. The minimum absolute atomic E-state index is 0.0599. The lowest BCUT2D eigenvalue weighted by Crippen LogP contribution is -2.41. The van der Waals surface area contributed by atoms with Crippen molar-refractivity contribution >= 4 is 17.5 Å². The molecule has 35 heavy (non-hydrogen) atoms. The second kappa shape index (κ2) is 10.8. The van der Waals surface area contributed by atoms with E-state index >= 15 is 0 Å². The van der Waals surface area contributed by atoms with Crippen LogP contribution in [0, 0.1) is 12.7 Å². The smallest absolute Gasteiger partial charge is 0.227 e. The number of benzene rings is 2. The summed E-state index contributed by atoms with van der Waals surface area (Å²) in [4.78, 5) is 23.8. The fourth-order valence-corrected chi connectivity index (χ4v) is 4.58. The standard InChI is InChI=1S/C28H34FN5O/c1-18(21-10-15-24(25(29)16-21)20-8-6-5-7-9-20)28(35)33-23-13-11-22(12-14-23)32-26-17-27(34(3)4)31-19(2)30-26/h5-10,15-18,22-23H,11-14H2,1-4H3,(H,33,35)(H,30,31,32). The number of hydrogen-bond donors (Lipinski definition) is 2. The van der Waals surface area contributed by atoms with Crippen molar-refractivity contribution in [1.82, 2.24) is 15.3 Å². The topological polar surface area (TPSA) is 70.2 Å². The fourth-order valence-electron chi connectivity index (χ4n) is 4.58. The molecule has 0 radical (unpaired) electrons. The summed E-state index contributed by atoms with van der Waals surface area (Å²) in [5.74, 6) is 1.67. The first-order chi connectivity index (χ1) is 16.8. The summed E-state index contributed by atoms with van der Waals surface area (Å²) in [6.45, 7) is 3.73. The van der Waals surface area contributed by atoms with E-state index in [1.165, 1.54) is 6.07 Å². The minimum Gasteiger partial charge on any atom is -0.367 e. The average molecular weight is 476 g/mol. The van der Waals surface area contributed by atoms with Crippen molar-refractivity contribution in [3.05, 3.63) is 71.8 Å². The Hall–Kier alpha value is -3.48. The second-order valence-corrected chi connectivity index (χ2v) is 9.58. The number of aromatic nitrogens is 2. The molecule has 0 bridgehead atoms. The lowest BCUT2D eigenvalue weighted by Gasteiger charge is -2.31. The highest BCUT2D eigenvalue weighted by atomic mass is 19.1. The SMILES string of the molecule is Cc1nc(NC2CCC(NC(=O)C(C)c3ccc(-c4ccccc4)c(F)c3)CC2)cc(N(C)C)n1. The normalized spacial score (nSPS) is 18.5. The van der Waals surface area contributed by atoms with Crippen LogP contribution in [0.1, 0.15) is 49.9 Å². The van der Waals surface area contributed by atoms with Crippen LogP contribution in [0.15, 0.2) is 54.6 Å². The zero-order valence-corrected chi connectivity index (χ0v) is 20.9. The van der Waals surface area contributed by atoms with Gasteiger partial charge in [-0.05, 0) is 56.7 Å². The van der Waals surface area contributed by atoms with Crippen LogP contribution in [0.3, 0.4) is 0 Å². The van der Waals surface area contributed by atoms with E-state index in [1.807, 2.05) is 75.3 Å². The number of anilines is 2. The van der Waals surface area contributed by atoms with Gasteiger partial charge < -0.3 is 15.5 Å². The molecule has 7 heteroatoms. The van der Waals surface area contributed by atoms with E-state index in [4.69, 9.17) is 0 Å². The average Bonchev–Trinajstić information content (AvgIpc) is 2.85. The molecule has 0 aliphatic heterocycles. The van der Waals surface area contributed by atoms with Gasteiger partial charge in [-0.15, -0.1) is 0 Å². The van der Waals surface area contributed by atoms with Crippen LogP contribution < -0.4 is 15.5 Å². The number of hydrogen-bond acceptors (Lipinski definition) is 5. The van der Waals surface area contributed by atoms with Gasteiger partial charge in [0.15, 0.2) is 0 Å². The predicted octanol–water partition coefficient (Wildman–Crippen LogP) is 5.30. The van der Waals surface area contributed by atoms with Crippen molar-refractivity contribution in [2.75, 3.05) is 24.3 Å². The van der Waals surface area contributed by atoms with Crippen molar-refractivity contribution in [3.8, 4) is 11.1 Å². The molecule has 2 N–H and O–H groups in total. The largest absolute Gasteiger partial charge is 0.367 e. The monoisotopic (exact) mass is 475 g/mol. The molecule has 1 fully saturated rings. The Kier molecular flexibility index (Phi) is 7.63. The minimum atomic E-state index is -0.418. The number of halogens is 1.